The first-order chi connectivity index (χ1) is 27.1. The fraction of sp³-hybridized carbons (Fsp3) is 0.548. The third kappa shape index (κ3) is 16.9. The fourth-order valence-corrected chi connectivity index (χ4v) is 6.07. The molecule has 0 aromatic heterocycles. The lowest BCUT2D eigenvalue weighted by Gasteiger charge is -2.26. The largest absolute Gasteiger partial charge is 0.363 e. The summed E-state index contributed by atoms with van der Waals surface area (Å²) in [6, 6.07) is 10.00. The first kappa shape index (κ1) is 48.0. The number of primary amides is 1. The van der Waals surface area contributed by atoms with E-state index in [0.717, 1.165) is 30.4 Å². The maximum Gasteiger partial charge on any atom is 0.287 e. The summed E-state index contributed by atoms with van der Waals surface area (Å²) in [5.41, 5.74) is 20.1. The molecule has 15 nitrogen and oxygen atoms in total. The number of amides is 6. The van der Waals surface area contributed by atoms with Crippen molar-refractivity contribution >= 4 is 41.2 Å². The van der Waals surface area contributed by atoms with Gasteiger partial charge in [0.2, 0.25) is 29.4 Å². The van der Waals surface area contributed by atoms with Crippen LogP contribution >= 0.6 is 0 Å². The molecule has 5 atom stereocenters. The zero-order chi connectivity index (χ0) is 42.5. The summed E-state index contributed by atoms with van der Waals surface area (Å²) < 4.78 is 0. The molecular weight excluding hydrogens is 729 g/mol. The minimum absolute atomic E-state index is 0.0501. The van der Waals surface area contributed by atoms with Crippen LogP contribution in [0, 0.1) is 5.92 Å². The standard InChI is InChI=1S/C42H64N8O7/c1-6-7-12-29-15-17-30(18-16-29)31-19-21-32(22-20-31)39(54)48-34(14-9-11-24-44)41(56)49-33(13-8-10-23-43)40(55)47-28(5)38(53)50-35(25-26(2)3)42(57)46-27(4)36(51)37(45)52/h15-22,26-28,33-35H,6-14,23-25,43-44H2,1-5H3,(H2,45,52)(H,46,57)(H,47,55)(H,48,54)(H,49,56)(H,50,53)/t27-,28+,33?,34+,35+/m1/s1. The second kappa shape index (κ2) is 25.2. The Morgan fingerprint density at radius 3 is 1.54 bits per heavy atom. The number of aryl methyl sites for hydroxylation is 1. The summed E-state index contributed by atoms with van der Waals surface area (Å²) in [6.45, 7) is 9.33. The Morgan fingerprint density at radius 2 is 1.04 bits per heavy atom. The molecule has 1 unspecified atom stereocenters. The van der Waals surface area contributed by atoms with Crippen molar-refractivity contribution in [1.29, 1.82) is 0 Å². The average molecular weight is 793 g/mol. The number of carbonyl (C=O) groups excluding carboxylic acids is 7. The van der Waals surface area contributed by atoms with E-state index < -0.39 is 71.4 Å². The number of benzene rings is 2. The van der Waals surface area contributed by atoms with Gasteiger partial charge >= 0.3 is 0 Å². The molecule has 0 saturated heterocycles. The molecule has 0 radical (unpaired) electrons. The van der Waals surface area contributed by atoms with Gasteiger partial charge in [-0.1, -0.05) is 63.6 Å². The van der Waals surface area contributed by atoms with Gasteiger partial charge in [-0.25, -0.2) is 0 Å². The summed E-state index contributed by atoms with van der Waals surface area (Å²) in [7, 11) is 0. The predicted octanol–water partition coefficient (Wildman–Crippen LogP) is 2.13. The molecule has 2 aromatic rings. The van der Waals surface area contributed by atoms with Crippen molar-refractivity contribution in [3.63, 3.8) is 0 Å². The van der Waals surface area contributed by atoms with Crippen LogP contribution in [-0.4, -0.2) is 84.5 Å². The van der Waals surface area contributed by atoms with Crippen molar-refractivity contribution < 1.29 is 33.6 Å². The molecular formula is C42H64N8O7. The number of unbranched alkanes of at least 4 members (excludes halogenated alkanes) is 3. The van der Waals surface area contributed by atoms with Crippen LogP contribution in [0.2, 0.25) is 0 Å². The molecule has 0 saturated carbocycles. The first-order valence-electron chi connectivity index (χ1n) is 20.1. The van der Waals surface area contributed by atoms with E-state index in [1.165, 1.54) is 19.4 Å². The van der Waals surface area contributed by atoms with Crippen LogP contribution in [0.1, 0.15) is 108 Å². The van der Waals surface area contributed by atoms with Crippen LogP contribution in [0.4, 0.5) is 0 Å². The number of nitrogens with one attached hydrogen (secondary N) is 5. The predicted molar refractivity (Wildman–Crippen MR) is 220 cm³/mol. The molecule has 0 heterocycles. The van der Waals surface area contributed by atoms with E-state index in [1.807, 2.05) is 26.0 Å². The molecule has 57 heavy (non-hydrogen) atoms. The molecule has 0 spiro atoms. The van der Waals surface area contributed by atoms with Gasteiger partial charge in [0.05, 0.1) is 6.04 Å². The van der Waals surface area contributed by atoms with E-state index in [2.05, 4.69) is 57.8 Å². The first-order valence-corrected chi connectivity index (χ1v) is 20.1. The molecule has 0 aliphatic heterocycles. The van der Waals surface area contributed by atoms with Crippen molar-refractivity contribution in [3.8, 4) is 11.1 Å². The Bertz CT molecular complexity index is 1630. The van der Waals surface area contributed by atoms with Crippen molar-refractivity contribution in [3.05, 3.63) is 59.7 Å². The number of Topliss-reactive ketones (excluding diaryl/α,β-unsaturated/α-hetero) is 1. The topological polar surface area (TPSA) is 258 Å². The van der Waals surface area contributed by atoms with Gasteiger partial charge in [-0.15, -0.1) is 0 Å². The summed E-state index contributed by atoms with van der Waals surface area (Å²) in [5.74, 6) is -5.30. The number of carbonyl (C=O) groups is 7. The van der Waals surface area contributed by atoms with Gasteiger partial charge in [0.25, 0.3) is 11.8 Å². The number of nitrogens with two attached hydrogens (primary N) is 3. The van der Waals surface area contributed by atoms with Gasteiger partial charge in [-0.2, -0.15) is 0 Å². The molecule has 2 rings (SSSR count). The van der Waals surface area contributed by atoms with Gasteiger partial charge in [0.1, 0.15) is 24.2 Å². The Labute approximate surface area is 336 Å². The smallest absolute Gasteiger partial charge is 0.287 e. The van der Waals surface area contributed by atoms with Crippen molar-refractivity contribution in [2.75, 3.05) is 13.1 Å². The highest BCUT2D eigenvalue weighted by atomic mass is 16.2. The van der Waals surface area contributed by atoms with Crippen LogP contribution in [0.25, 0.3) is 11.1 Å². The van der Waals surface area contributed by atoms with Crippen LogP contribution in [0.5, 0.6) is 0 Å². The second-order valence-electron chi connectivity index (χ2n) is 14.9. The van der Waals surface area contributed by atoms with E-state index in [1.54, 1.807) is 12.1 Å². The summed E-state index contributed by atoms with van der Waals surface area (Å²) in [4.78, 5) is 90.3. The highest BCUT2D eigenvalue weighted by Crippen LogP contribution is 2.21. The molecule has 2 aromatic carbocycles. The lowest BCUT2D eigenvalue weighted by atomic mass is 10.0. The van der Waals surface area contributed by atoms with Crippen molar-refractivity contribution in [1.82, 2.24) is 26.6 Å². The maximum absolute atomic E-state index is 13.8. The highest BCUT2D eigenvalue weighted by Gasteiger charge is 2.31. The quantitative estimate of drug-likeness (QED) is 0.0512. The van der Waals surface area contributed by atoms with Crippen LogP contribution in [0.3, 0.4) is 0 Å². The lowest BCUT2D eigenvalue weighted by Crippen LogP contribution is -2.58. The summed E-state index contributed by atoms with van der Waals surface area (Å²) in [5, 5.41) is 13.2. The Morgan fingerprint density at radius 1 is 0.561 bits per heavy atom. The minimum Gasteiger partial charge on any atom is -0.363 e. The lowest BCUT2D eigenvalue weighted by molar-refractivity contribution is -0.138. The molecule has 0 bridgehead atoms. The number of hydrogen-bond acceptors (Lipinski definition) is 9. The normalized spacial score (nSPS) is 13.7. The van der Waals surface area contributed by atoms with Crippen LogP contribution in [-0.2, 0) is 35.2 Å². The molecule has 6 amide bonds. The fourth-order valence-electron chi connectivity index (χ4n) is 6.07. The van der Waals surface area contributed by atoms with Crippen molar-refractivity contribution in [2.24, 2.45) is 23.1 Å². The van der Waals surface area contributed by atoms with Gasteiger partial charge in [-0.05, 0) is 119 Å². The van der Waals surface area contributed by atoms with E-state index >= 15 is 0 Å². The van der Waals surface area contributed by atoms with E-state index in [4.69, 9.17) is 17.2 Å². The van der Waals surface area contributed by atoms with Gasteiger partial charge in [0.15, 0.2) is 0 Å². The molecule has 15 heteroatoms. The minimum atomic E-state index is -1.20. The Hall–Kier alpha value is -5.15. The average Bonchev–Trinajstić information content (AvgIpc) is 3.18. The summed E-state index contributed by atoms with van der Waals surface area (Å²) in [6.07, 6.45) is 6.20. The zero-order valence-corrected chi connectivity index (χ0v) is 34.2. The highest BCUT2D eigenvalue weighted by molar-refractivity contribution is 6.37. The Kier molecular flexibility index (Phi) is 21.2. The second-order valence-corrected chi connectivity index (χ2v) is 14.9. The maximum atomic E-state index is 13.8. The van der Waals surface area contributed by atoms with Crippen LogP contribution < -0.4 is 43.8 Å². The molecule has 11 N–H and O–H groups in total. The zero-order valence-electron chi connectivity index (χ0n) is 34.2. The molecule has 314 valence electrons. The third-order valence-corrected chi connectivity index (χ3v) is 9.49. The molecule has 0 aliphatic carbocycles. The monoisotopic (exact) mass is 792 g/mol. The van der Waals surface area contributed by atoms with Gasteiger partial charge < -0.3 is 43.8 Å². The van der Waals surface area contributed by atoms with E-state index in [9.17, 15) is 33.6 Å². The van der Waals surface area contributed by atoms with E-state index in [0.29, 0.717) is 44.3 Å². The molecule has 0 fully saturated rings. The Balaban J connectivity index is 2.17. The SMILES string of the molecule is CCCCc1ccc(-c2ccc(C(=O)N[C@@H](CCCCN)C(=O)NC(CCCCN)C(=O)N[C@@H](C)C(=O)N[C@@H](CC(C)C)C(=O)N[C@H](C)C(=O)C(N)=O)cc2)cc1. The van der Waals surface area contributed by atoms with E-state index in [-0.39, 0.29) is 25.2 Å². The number of rotatable bonds is 26. The molecule has 0 aliphatic rings. The third-order valence-electron chi connectivity index (χ3n) is 9.49. The van der Waals surface area contributed by atoms with Crippen LogP contribution in [0.15, 0.2) is 48.5 Å². The number of ketones is 1. The van der Waals surface area contributed by atoms with Gasteiger partial charge in [0, 0.05) is 5.56 Å². The number of hydrogen-bond donors (Lipinski definition) is 8. The summed E-state index contributed by atoms with van der Waals surface area (Å²) >= 11 is 0. The van der Waals surface area contributed by atoms with Gasteiger partial charge in [-0.3, -0.25) is 33.6 Å². The van der Waals surface area contributed by atoms with Crippen molar-refractivity contribution in [2.45, 2.75) is 129 Å².